The molecule has 0 aromatic heterocycles. The summed E-state index contributed by atoms with van der Waals surface area (Å²) in [5.41, 5.74) is 2.41. The second-order valence-corrected chi connectivity index (χ2v) is 4.05. The number of hydrogen-bond donors (Lipinski definition) is 1. The number of rotatable bonds is 3. The normalized spacial score (nSPS) is 9.64. The van der Waals surface area contributed by atoms with Crippen LogP contribution < -0.4 is 10.2 Å². The molecule has 5 nitrogen and oxygen atoms in total. The number of methoxy groups -OCH3 is 1. The predicted octanol–water partition coefficient (Wildman–Crippen LogP) is 2.82. The number of nitro groups is 1. The van der Waals surface area contributed by atoms with Crippen LogP contribution in [0.5, 0.6) is 5.75 Å². The second-order valence-electron chi connectivity index (χ2n) is 2.34. The van der Waals surface area contributed by atoms with Crippen molar-refractivity contribution in [2.24, 2.45) is 0 Å². The molecule has 0 bridgehead atoms. The standard InChI is InChI=1S/C7H6Br2N2O3/c1-14-7-5(8)2-4(3-6(7)9)10-11(12)13/h2-3,10H,1H3. The zero-order valence-corrected chi connectivity index (χ0v) is 10.3. The fourth-order valence-corrected chi connectivity index (χ4v) is 2.44. The van der Waals surface area contributed by atoms with Crippen molar-refractivity contribution in [3.8, 4) is 5.75 Å². The summed E-state index contributed by atoms with van der Waals surface area (Å²) in [7, 11) is 1.52. The van der Waals surface area contributed by atoms with E-state index in [4.69, 9.17) is 4.74 Å². The van der Waals surface area contributed by atoms with Gasteiger partial charge in [-0.15, -0.1) is 5.43 Å². The molecule has 1 N–H and O–H groups in total. The van der Waals surface area contributed by atoms with Crippen LogP contribution in [0.3, 0.4) is 0 Å². The number of hydrazine groups is 1. The van der Waals surface area contributed by atoms with Gasteiger partial charge in [-0.2, -0.15) is 0 Å². The van der Waals surface area contributed by atoms with Crippen molar-refractivity contribution in [2.45, 2.75) is 0 Å². The van der Waals surface area contributed by atoms with Crippen LogP contribution >= 0.6 is 31.9 Å². The van der Waals surface area contributed by atoms with E-state index in [1.807, 2.05) is 5.43 Å². The maximum Gasteiger partial charge on any atom is 0.162 e. The summed E-state index contributed by atoms with van der Waals surface area (Å²) in [4.78, 5) is 10.2. The molecule has 0 radical (unpaired) electrons. The summed E-state index contributed by atoms with van der Waals surface area (Å²) in [6.07, 6.45) is 0. The summed E-state index contributed by atoms with van der Waals surface area (Å²) in [6.45, 7) is 0. The number of halogens is 2. The Bertz CT molecular complexity index is 347. The number of nitrogens with one attached hydrogen (secondary N) is 1. The molecule has 1 aromatic rings. The molecule has 1 aromatic carbocycles. The van der Waals surface area contributed by atoms with E-state index in [0.29, 0.717) is 20.4 Å². The van der Waals surface area contributed by atoms with Crippen LogP contribution in [0.25, 0.3) is 0 Å². The van der Waals surface area contributed by atoms with E-state index in [9.17, 15) is 10.1 Å². The number of ether oxygens (including phenoxy) is 1. The van der Waals surface area contributed by atoms with Gasteiger partial charge in [0.25, 0.3) is 0 Å². The molecule has 0 fully saturated rings. The van der Waals surface area contributed by atoms with Gasteiger partial charge in [-0.3, -0.25) is 0 Å². The Labute approximate surface area is 96.8 Å². The van der Waals surface area contributed by atoms with Gasteiger partial charge in [-0.25, -0.2) is 10.1 Å². The predicted molar refractivity (Wildman–Crippen MR) is 59.0 cm³/mol. The van der Waals surface area contributed by atoms with Gasteiger partial charge in [-0.1, -0.05) is 0 Å². The van der Waals surface area contributed by atoms with Crippen molar-refractivity contribution in [2.75, 3.05) is 12.5 Å². The maximum absolute atomic E-state index is 10.2. The van der Waals surface area contributed by atoms with Crippen LogP contribution in [0, 0.1) is 10.1 Å². The quantitative estimate of drug-likeness (QED) is 0.685. The molecular weight excluding hydrogens is 320 g/mol. The molecule has 0 unspecified atom stereocenters. The van der Waals surface area contributed by atoms with E-state index < -0.39 is 5.03 Å². The first-order valence-electron chi connectivity index (χ1n) is 3.48. The third kappa shape index (κ3) is 2.58. The zero-order valence-electron chi connectivity index (χ0n) is 7.08. The van der Waals surface area contributed by atoms with E-state index in [2.05, 4.69) is 31.9 Å². The summed E-state index contributed by atoms with van der Waals surface area (Å²) in [5.74, 6) is 0.596. The van der Waals surface area contributed by atoms with E-state index in [0.717, 1.165) is 0 Å². The minimum absolute atomic E-state index is 0.370. The Hall–Kier alpha value is -0.820. The maximum atomic E-state index is 10.2. The Morgan fingerprint density at radius 1 is 1.43 bits per heavy atom. The van der Waals surface area contributed by atoms with Gasteiger partial charge in [0.15, 0.2) is 5.03 Å². The van der Waals surface area contributed by atoms with Crippen molar-refractivity contribution < 1.29 is 9.77 Å². The molecule has 76 valence electrons. The first-order chi connectivity index (χ1) is 6.54. The smallest absolute Gasteiger partial charge is 0.162 e. The molecule has 0 aliphatic heterocycles. The Balaban J connectivity index is 3.07. The number of anilines is 1. The molecule has 0 amide bonds. The number of hydrogen-bond acceptors (Lipinski definition) is 3. The molecule has 1 rings (SSSR count). The van der Waals surface area contributed by atoms with E-state index >= 15 is 0 Å². The van der Waals surface area contributed by atoms with Gasteiger partial charge >= 0.3 is 0 Å². The zero-order chi connectivity index (χ0) is 10.7. The van der Waals surface area contributed by atoms with Gasteiger partial charge in [0.05, 0.1) is 16.1 Å². The molecule has 0 heterocycles. The van der Waals surface area contributed by atoms with Crippen molar-refractivity contribution in [1.29, 1.82) is 0 Å². The van der Waals surface area contributed by atoms with Crippen LogP contribution in [0.4, 0.5) is 5.69 Å². The molecule has 7 heteroatoms. The van der Waals surface area contributed by atoms with Crippen molar-refractivity contribution in [1.82, 2.24) is 0 Å². The lowest BCUT2D eigenvalue weighted by molar-refractivity contribution is -0.445. The summed E-state index contributed by atoms with van der Waals surface area (Å²) in [5, 5.41) is 9.55. The van der Waals surface area contributed by atoms with Gasteiger partial charge in [0.2, 0.25) is 0 Å². The average molecular weight is 326 g/mol. The summed E-state index contributed by atoms with van der Waals surface area (Å²) >= 11 is 6.46. The minimum atomic E-state index is -0.624. The molecule has 0 aliphatic carbocycles. The lowest BCUT2D eigenvalue weighted by atomic mass is 10.3. The van der Waals surface area contributed by atoms with Crippen molar-refractivity contribution in [3.63, 3.8) is 0 Å². The molecule has 0 aliphatic rings. The largest absolute Gasteiger partial charge is 0.494 e. The molecule has 0 atom stereocenters. The fourth-order valence-electron chi connectivity index (χ4n) is 0.925. The highest BCUT2D eigenvalue weighted by Crippen LogP contribution is 2.35. The lowest BCUT2D eigenvalue weighted by Crippen LogP contribution is -2.07. The SMILES string of the molecule is COc1c(Br)cc(N[N+](=O)[O-])cc1Br. The Kier molecular flexibility index (Phi) is 3.70. The minimum Gasteiger partial charge on any atom is -0.494 e. The third-order valence-electron chi connectivity index (χ3n) is 1.42. The summed E-state index contributed by atoms with van der Waals surface area (Å²) < 4.78 is 6.32. The van der Waals surface area contributed by atoms with Crippen LogP contribution in [-0.4, -0.2) is 12.1 Å². The number of nitrogens with zero attached hydrogens (tertiary/aromatic N) is 1. The van der Waals surface area contributed by atoms with E-state index in [-0.39, 0.29) is 0 Å². The molecule has 0 saturated carbocycles. The molecule has 14 heavy (non-hydrogen) atoms. The van der Waals surface area contributed by atoms with Gasteiger partial charge < -0.3 is 4.74 Å². The highest BCUT2D eigenvalue weighted by molar-refractivity contribution is 9.11. The highest BCUT2D eigenvalue weighted by atomic mass is 79.9. The second kappa shape index (κ2) is 4.61. The van der Waals surface area contributed by atoms with Gasteiger partial charge in [-0.05, 0) is 44.0 Å². The van der Waals surface area contributed by atoms with E-state index in [1.165, 1.54) is 7.11 Å². The Morgan fingerprint density at radius 3 is 2.29 bits per heavy atom. The van der Waals surface area contributed by atoms with Crippen LogP contribution in [0.15, 0.2) is 21.1 Å². The van der Waals surface area contributed by atoms with Gasteiger partial charge in [0.1, 0.15) is 11.4 Å². The van der Waals surface area contributed by atoms with Crippen LogP contribution in [-0.2, 0) is 0 Å². The molecule has 0 spiro atoms. The molecular formula is C7H6Br2N2O3. The summed E-state index contributed by atoms with van der Waals surface area (Å²) in [6, 6.07) is 3.12. The highest BCUT2D eigenvalue weighted by Gasteiger charge is 2.09. The van der Waals surface area contributed by atoms with E-state index in [1.54, 1.807) is 12.1 Å². The first-order valence-corrected chi connectivity index (χ1v) is 5.07. The topological polar surface area (TPSA) is 64.4 Å². The fraction of sp³-hybridized carbons (Fsp3) is 0.143. The first kappa shape index (κ1) is 11.3. The number of benzene rings is 1. The van der Waals surface area contributed by atoms with Crippen LogP contribution in [0.2, 0.25) is 0 Å². The third-order valence-corrected chi connectivity index (χ3v) is 2.60. The monoisotopic (exact) mass is 324 g/mol. The molecule has 0 saturated heterocycles. The van der Waals surface area contributed by atoms with Crippen LogP contribution in [0.1, 0.15) is 0 Å². The van der Waals surface area contributed by atoms with Gasteiger partial charge in [0, 0.05) is 0 Å². The Morgan fingerprint density at radius 2 is 1.93 bits per heavy atom. The average Bonchev–Trinajstić information content (AvgIpc) is 2.01. The van der Waals surface area contributed by atoms with Crippen molar-refractivity contribution in [3.05, 3.63) is 31.2 Å². The lowest BCUT2D eigenvalue weighted by Gasteiger charge is -2.07. The van der Waals surface area contributed by atoms with Crippen molar-refractivity contribution >= 4 is 37.5 Å².